The molecule has 2 nitrogen and oxygen atoms in total. The Bertz CT molecular complexity index is 671. The van der Waals surface area contributed by atoms with Crippen LogP contribution in [-0.2, 0) is 4.79 Å². The molecule has 2 aromatic rings. The Labute approximate surface area is 119 Å². The molecule has 2 aromatic carbocycles. The lowest BCUT2D eigenvalue weighted by Crippen LogP contribution is -2.09. The minimum atomic E-state index is -0.582. The van der Waals surface area contributed by atoms with E-state index in [1.807, 2.05) is 0 Å². The van der Waals surface area contributed by atoms with E-state index in [1.54, 1.807) is 6.07 Å². The largest absolute Gasteiger partial charge is 0.320 e. The Kier molecular flexibility index (Phi) is 4.48. The van der Waals surface area contributed by atoms with Crippen LogP contribution in [0.15, 0.2) is 48.5 Å². The molecule has 20 heavy (non-hydrogen) atoms. The monoisotopic (exact) mass is 293 g/mol. The summed E-state index contributed by atoms with van der Waals surface area (Å²) in [4.78, 5) is 11.6. The van der Waals surface area contributed by atoms with Crippen LogP contribution in [0.2, 0.25) is 5.02 Å². The van der Waals surface area contributed by atoms with Gasteiger partial charge in [-0.25, -0.2) is 8.78 Å². The number of amides is 1. The molecule has 0 aliphatic heterocycles. The van der Waals surface area contributed by atoms with Gasteiger partial charge in [-0.2, -0.15) is 0 Å². The zero-order chi connectivity index (χ0) is 14.5. The lowest BCUT2D eigenvalue weighted by molar-refractivity contribution is -0.111. The van der Waals surface area contributed by atoms with Crippen molar-refractivity contribution < 1.29 is 13.6 Å². The first-order valence-electron chi connectivity index (χ1n) is 5.74. The first-order chi connectivity index (χ1) is 9.54. The van der Waals surface area contributed by atoms with E-state index in [-0.39, 0.29) is 5.69 Å². The summed E-state index contributed by atoms with van der Waals surface area (Å²) in [5.41, 5.74) is 0.526. The van der Waals surface area contributed by atoms with Crippen LogP contribution in [0.3, 0.4) is 0 Å². The van der Waals surface area contributed by atoms with Gasteiger partial charge < -0.3 is 5.32 Å². The van der Waals surface area contributed by atoms with Gasteiger partial charge in [-0.15, -0.1) is 0 Å². The summed E-state index contributed by atoms with van der Waals surface area (Å²) in [6.07, 6.45) is 2.62. The summed E-state index contributed by atoms with van der Waals surface area (Å²) in [5.74, 6) is -1.51. The van der Waals surface area contributed by atoms with Crippen molar-refractivity contribution in [3.63, 3.8) is 0 Å². The SMILES string of the molecule is O=C(/C=C/c1cccc(F)c1)Nc1cc(Cl)ccc1F. The molecule has 0 unspecified atom stereocenters. The number of rotatable bonds is 3. The van der Waals surface area contributed by atoms with Gasteiger partial charge in [0.1, 0.15) is 11.6 Å². The molecular formula is C15H10ClF2NO. The van der Waals surface area contributed by atoms with E-state index in [1.165, 1.54) is 42.5 Å². The number of benzene rings is 2. The van der Waals surface area contributed by atoms with Crippen LogP contribution in [0.5, 0.6) is 0 Å². The van der Waals surface area contributed by atoms with Crippen molar-refractivity contribution >= 4 is 29.3 Å². The van der Waals surface area contributed by atoms with Gasteiger partial charge in [-0.05, 0) is 42.0 Å². The number of nitrogens with one attached hydrogen (secondary N) is 1. The predicted molar refractivity (Wildman–Crippen MR) is 75.5 cm³/mol. The van der Waals surface area contributed by atoms with Crippen LogP contribution in [0.4, 0.5) is 14.5 Å². The fourth-order valence-corrected chi connectivity index (χ4v) is 1.72. The Morgan fingerprint density at radius 3 is 2.70 bits per heavy atom. The van der Waals surface area contributed by atoms with Gasteiger partial charge in [-0.3, -0.25) is 4.79 Å². The smallest absolute Gasteiger partial charge is 0.248 e. The molecule has 0 aliphatic carbocycles. The minimum absolute atomic E-state index is 0.00797. The highest BCUT2D eigenvalue weighted by Gasteiger charge is 2.05. The minimum Gasteiger partial charge on any atom is -0.320 e. The molecule has 102 valence electrons. The third kappa shape index (κ3) is 3.90. The number of hydrogen-bond donors (Lipinski definition) is 1. The van der Waals surface area contributed by atoms with E-state index in [9.17, 15) is 13.6 Å². The van der Waals surface area contributed by atoms with Crippen molar-refractivity contribution in [1.82, 2.24) is 0 Å². The summed E-state index contributed by atoms with van der Waals surface area (Å²) in [6, 6.07) is 9.62. The lowest BCUT2D eigenvalue weighted by atomic mass is 10.2. The van der Waals surface area contributed by atoms with Crippen molar-refractivity contribution in [2.75, 3.05) is 5.32 Å². The zero-order valence-electron chi connectivity index (χ0n) is 10.2. The highest BCUT2D eigenvalue weighted by molar-refractivity contribution is 6.30. The average Bonchev–Trinajstić information content (AvgIpc) is 2.41. The third-order valence-electron chi connectivity index (χ3n) is 2.46. The average molecular weight is 294 g/mol. The molecule has 5 heteroatoms. The Morgan fingerprint density at radius 1 is 1.15 bits per heavy atom. The van der Waals surface area contributed by atoms with E-state index in [2.05, 4.69) is 5.32 Å². The van der Waals surface area contributed by atoms with Crippen LogP contribution in [0, 0.1) is 11.6 Å². The number of anilines is 1. The van der Waals surface area contributed by atoms with E-state index in [4.69, 9.17) is 11.6 Å². The van der Waals surface area contributed by atoms with Gasteiger partial charge in [0.2, 0.25) is 5.91 Å². The molecular weight excluding hydrogens is 284 g/mol. The first kappa shape index (κ1) is 14.2. The van der Waals surface area contributed by atoms with Crippen molar-refractivity contribution in [2.24, 2.45) is 0 Å². The number of carbonyl (C=O) groups is 1. The molecule has 0 spiro atoms. The number of carbonyl (C=O) groups excluding carboxylic acids is 1. The molecule has 0 aliphatic rings. The van der Waals surface area contributed by atoms with E-state index in [0.717, 1.165) is 6.07 Å². The van der Waals surface area contributed by atoms with Gasteiger partial charge in [0, 0.05) is 11.1 Å². The molecule has 1 amide bonds. The van der Waals surface area contributed by atoms with Crippen LogP contribution in [0.1, 0.15) is 5.56 Å². The number of halogens is 3. The Hall–Kier alpha value is -2.20. The summed E-state index contributed by atoms with van der Waals surface area (Å²) in [6.45, 7) is 0. The van der Waals surface area contributed by atoms with Gasteiger partial charge in [0.25, 0.3) is 0 Å². The molecule has 0 bridgehead atoms. The molecule has 0 atom stereocenters. The fraction of sp³-hybridized carbons (Fsp3) is 0. The summed E-state index contributed by atoms with van der Waals surface area (Å²) < 4.78 is 26.3. The van der Waals surface area contributed by atoms with Crippen LogP contribution >= 0.6 is 11.6 Å². The molecule has 0 saturated carbocycles. The summed E-state index contributed by atoms with van der Waals surface area (Å²) in [7, 11) is 0. The maximum absolute atomic E-state index is 13.4. The van der Waals surface area contributed by atoms with Crippen LogP contribution < -0.4 is 5.32 Å². The van der Waals surface area contributed by atoms with Crippen molar-refractivity contribution in [1.29, 1.82) is 0 Å². The quantitative estimate of drug-likeness (QED) is 0.841. The summed E-state index contributed by atoms with van der Waals surface area (Å²) >= 11 is 5.71. The highest BCUT2D eigenvalue weighted by atomic mass is 35.5. The number of hydrogen-bond acceptors (Lipinski definition) is 1. The van der Waals surface area contributed by atoms with Gasteiger partial charge >= 0.3 is 0 Å². The maximum Gasteiger partial charge on any atom is 0.248 e. The second-order valence-corrected chi connectivity index (χ2v) is 4.44. The topological polar surface area (TPSA) is 29.1 Å². The maximum atomic E-state index is 13.4. The Balaban J connectivity index is 2.07. The molecule has 0 aromatic heterocycles. The van der Waals surface area contributed by atoms with Crippen molar-refractivity contribution in [3.8, 4) is 0 Å². The van der Waals surface area contributed by atoms with Crippen LogP contribution in [-0.4, -0.2) is 5.91 Å². The Morgan fingerprint density at radius 2 is 1.95 bits per heavy atom. The normalized spacial score (nSPS) is 10.8. The van der Waals surface area contributed by atoms with Gasteiger partial charge in [0.05, 0.1) is 5.69 Å². The lowest BCUT2D eigenvalue weighted by Gasteiger charge is -2.04. The van der Waals surface area contributed by atoms with Crippen LogP contribution in [0.25, 0.3) is 6.08 Å². The molecule has 0 heterocycles. The molecule has 0 saturated heterocycles. The molecule has 0 radical (unpaired) electrons. The molecule has 0 fully saturated rings. The highest BCUT2D eigenvalue weighted by Crippen LogP contribution is 2.19. The fourth-order valence-electron chi connectivity index (χ4n) is 1.55. The van der Waals surface area contributed by atoms with Crippen molar-refractivity contribution in [3.05, 3.63) is 70.8 Å². The van der Waals surface area contributed by atoms with E-state index >= 15 is 0 Å². The second kappa shape index (κ2) is 6.30. The molecule has 1 N–H and O–H groups in total. The third-order valence-corrected chi connectivity index (χ3v) is 2.70. The second-order valence-electron chi connectivity index (χ2n) is 4.00. The summed E-state index contributed by atoms with van der Waals surface area (Å²) in [5, 5.41) is 2.67. The van der Waals surface area contributed by atoms with E-state index < -0.39 is 17.5 Å². The standard InChI is InChI=1S/C15H10ClF2NO/c16-11-5-6-13(18)14(9-11)19-15(20)7-4-10-2-1-3-12(17)8-10/h1-9H,(H,19,20)/b7-4+. The van der Waals surface area contributed by atoms with Crippen molar-refractivity contribution in [2.45, 2.75) is 0 Å². The predicted octanol–water partition coefficient (Wildman–Crippen LogP) is 4.27. The molecule has 2 rings (SSSR count). The zero-order valence-corrected chi connectivity index (χ0v) is 11.0. The van der Waals surface area contributed by atoms with Gasteiger partial charge in [-0.1, -0.05) is 23.7 Å². The first-order valence-corrected chi connectivity index (χ1v) is 6.12. The van der Waals surface area contributed by atoms with Gasteiger partial charge in [0.15, 0.2) is 0 Å². The van der Waals surface area contributed by atoms with E-state index in [0.29, 0.717) is 10.6 Å².